The molecule has 0 radical (unpaired) electrons. The van der Waals surface area contributed by atoms with Crippen molar-refractivity contribution in [2.75, 3.05) is 6.61 Å². The van der Waals surface area contributed by atoms with Crippen molar-refractivity contribution in [2.45, 2.75) is 13.8 Å². The second-order valence-electron chi connectivity index (χ2n) is 5.74. The van der Waals surface area contributed by atoms with E-state index in [1.165, 1.54) is 0 Å². The molecule has 1 heterocycles. The second kappa shape index (κ2) is 7.69. The van der Waals surface area contributed by atoms with Gasteiger partial charge in [-0.2, -0.15) is 15.4 Å². The number of esters is 1. The molecule has 0 atom stereocenters. The van der Waals surface area contributed by atoms with Crippen LogP contribution in [0.1, 0.15) is 33.3 Å². The predicted molar refractivity (Wildman–Crippen MR) is 97.6 cm³/mol. The number of rotatable bonds is 6. The average Bonchev–Trinajstić information content (AvgIpc) is 3.14. The van der Waals surface area contributed by atoms with Crippen LogP contribution in [-0.2, 0) is 0 Å². The van der Waals surface area contributed by atoms with E-state index in [-0.39, 0.29) is 11.4 Å². The largest absolute Gasteiger partial charge is 0.490 e. The van der Waals surface area contributed by atoms with E-state index in [0.29, 0.717) is 29.2 Å². The third-order valence-electron chi connectivity index (χ3n) is 3.79. The van der Waals surface area contributed by atoms with Crippen molar-refractivity contribution < 1.29 is 19.1 Å². The molecule has 0 aliphatic carbocycles. The van der Waals surface area contributed by atoms with Gasteiger partial charge in [-0.1, -0.05) is 17.7 Å². The van der Waals surface area contributed by atoms with Gasteiger partial charge in [0.15, 0.2) is 17.2 Å². The molecule has 0 saturated carbocycles. The molecular weight excluding hydrogens is 348 g/mol. The fraction of sp³-hybridized carbons (Fsp3) is 0.158. The number of aryl methyl sites for hydroxylation is 1. The molecule has 2 aromatic carbocycles. The Bertz CT molecular complexity index is 980. The smallest absolute Gasteiger partial charge is 0.343 e. The number of nitrogens with two attached hydrogens (primary N) is 1. The Kier molecular flexibility index (Phi) is 5.16. The van der Waals surface area contributed by atoms with Crippen LogP contribution in [0, 0.1) is 6.92 Å². The van der Waals surface area contributed by atoms with Crippen molar-refractivity contribution in [3.05, 3.63) is 59.3 Å². The summed E-state index contributed by atoms with van der Waals surface area (Å²) in [5, 5.41) is 10.1. The quantitative estimate of drug-likeness (QED) is 0.511. The number of primary amides is 1. The zero-order chi connectivity index (χ0) is 19.4. The van der Waals surface area contributed by atoms with Crippen molar-refractivity contribution in [1.82, 2.24) is 15.4 Å². The van der Waals surface area contributed by atoms with Gasteiger partial charge in [0.25, 0.3) is 5.91 Å². The molecule has 27 heavy (non-hydrogen) atoms. The lowest BCUT2D eigenvalue weighted by molar-refractivity contribution is 0.0728. The highest BCUT2D eigenvalue weighted by atomic mass is 16.6. The van der Waals surface area contributed by atoms with Gasteiger partial charge >= 0.3 is 5.97 Å². The number of hydrogen-bond donors (Lipinski definition) is 2. The SMILES string of the molecule is CCOc1cc(-c2n[nH]nc2C(N)=O)ccc1OC(=O)c1ccc(C)cc1. The maximum atomic E-state index is 12.4. The Labute approximate surface area is 155 Å². The first-order valence-electron chi connectivity index (χ1n) is 8.26. The molecule has 1 aromatic heterocycles. The van der Waals surface area contributed by atoms with Gasteiger partial charge in [0.1, 0.15) is 5.69 Å². The minimum atomic E-state index is -0.702. The average molecular weight is 366 g/mol. The molecule has 3 aromatic rings. The minimum Gasteiger partial charge on any atom is -0.490 e. The van der Waals surface area contributed by atoms with Crippen molar-refractivity contribution in [3.8, 4) is 22.8 Å². The van der Waals surface area contributed by atoms with Gasteiger partial charge in [0.05, 0.1) is 12.2 Å². The fourth-order valence-corrected chi connectivity index (χ4v) is 2.46. The van der Waals surface area contributed by atoms with E-state index in [4.69, 9.17) is 15.2 Å². The van der Waals surface area contributed by atoms with Crippen molar-refractivity contribution in [1.29, 1.82) is 0 Å². The third kappa shape index (κ3) is 3.95. The maximum Gasteiger partial charge on any atom is 0.343 e. The molecule has 3 rings (SSSR count). The number of benzene rings is 2. The lowest BCUT2D eigenvalue weighted by atomic mass is 10.1. The molecule has 0 unspecified atom stereocenters. The third-order valence-corrected chi connectivity index (χ3v) is 3.79. The highest BCUT2D eigenvalue weighted by molar-refractivity contribution is 5.97. The molecule has 0 saturated heterocycles. The van der Waals surface area contributed by atoms with E-state index in [2.05, 4.69) is 15.4 Å². The van der Waals surface area contributed by atoms with Gasteiger partial charge in [-0.3, -0.25) is 4.79 Å². The summed E-state index contributed by atoms with van der Waals surface area (Å²) in [4.78, 5) is 23.8. The van der Waals surface area contributed by atoms with E-state index in [1.54, 1.807) is 30.3 Å². The lowest BCUT2D eigenvalue weighted by Crippen LogP contribution is -2.13. The maximum absolute atomic E-state index is 12.4. The number of ether oxygens (including phenoxy) is 2. The van der Waals surface area contributed by atoms with E-state index in [1.807, 2.05) is 26.0 Å². The van der Waals surface area contributed by atoms with Crippen LogP contribution in [0.2, 0.25) is 0 Å². The minimum absolute atomic E-state index is 0.0156. The summed E-state index contributed by atoms with van der Waals surface area (Å²) < 4.78 is 11.1. The summed E-state index contributed by atoms with van der Waals surface area (Å²) in [5.41, 5.74) is 7.64. The predicted octanol–water partition coefficient (Wildman–Crippen LogP) is 2.50. The summed E-state index contributed by atoms with van der Waals surface area (Å²) >= 11 is 0. The Morgan fingerprint density at radius 2 is 1.81 bits per heavy atom. The molecule has 138 valence electrons. The van der Waals surface area contributed by atoms with Gasteiger partial charge in [-0.25, -0.2) is 4.79 Å². The summed E-state index contributed by atoms with van der Waals surface area (Å²) in [5.74, 6) is -0.598. The first-order chi connectivity index (χ1) is 13.0. The van der Waals surface area contributed by atoms with Crippen LogP contribution >= 0.6 is 0 Å². The molecule has 0 fully saturated rings. The van der Waals surface area contributed by atoms with Gasteiger partial charge in [0, 0.05) is 5.56 Å². The molecular formula is C19H18N4O4. The molecule has 8 nitrogen and oxygen atoms in total. The number of nitrogens with zero attached hydrogens (tertiary/aromatic N) is 2. The summed E-state index contributed by atoms with van der Waals surface area (Å²) in [6.07, 6.45) is 0. The van der Waals surface area contributed by atoms with Crippen LogP contribution in [0.5, 0.6) is 11.5 Å². The van der Waals surface area contributed by atoms with Gasteiger partial charge in [0.2, 0.25) is 0 Å². The highest BCUT2D eigenvalue weighted by Crippen LogP contribution is 2.33. The van der Waals surface area contributed by atoms with Gasteiger partial charge < -0.3 is 15.2 Å². The zero-order valence-corrected chi connectivity index (χ0v) is 14.9. The fourth-order valence-electron chi connectivity index (χ4n) is 2.46. The number of carbonyl (C=O) groups excluding carboxylic acids is 2. The molecule has 8 heteroatoms. The van der Waals surface area contributed by atoms with Crippen LogP contribution in [-0.4, -0.2) is 33.9 Å². The van der Waals surface area contributed by atoms with Crippen molar-refractivity contribution in [3.63, 3.8) is 0 Å². The standard InChI is InChI=1S/C19H18N4O4/c1-3-26-15-10-13(16-17(18(20)24)22-23-21-16)8-9-14(15)27-19(25)12-6-4-11(2)5-7-12/h4-10H,3H2,1-2H3,(H2,20,24)(H,21,22,23). The number of aromatic nitrogens is 3. The van der Waals surface area contributed by atoms with E-state index in [0.717, 1.165) is 5.56 Å². The summed E-state index contributed by atoms with van der Waals surface area (Å²) in [6.45, 7) is 4.11. The first kappa shape index (κ1) is 18.1. The highest BCUT2D eigenvalue weighted by Gasteiger charge is 2.18. The number of aromatic amines is 1. The Morgan fingerprint density at radius 3 is 2.48 bits per heavy atom. The topological polar surface area (TPSA) is 120 Å². The number of nitrogens with one attached hydrogen (secondary N) is 1. The molecule has 0 spiro atoms. The van der Waals surface area contributed by atoms with Crippen molar-refractivity contribution >= 4 is 11.9 Å². The number of H-pyrrole nitrogens is 1. The first-order valence-corrected chi connectivity index (χ1v) is 8.26. The summed E-state index contributed by atoms with van der Waals surface area (Å²) in [7, 11) is 0. The van der Waals surface area contributed by atoms with E-state index >= 15 is 0 Å². The van der Waals surface area contributed by atoms with Gasteiger partial charge in [-0.15, -0.1) is 0 Å². The van der Waals surface area contributed by atoms with Gasteiger partial charge in [-0.05, 0) is 44.2 Å². The lowest BCUT2D eigenvalue weighted by Gasteiger charge is -2.12. The van der Waals surface area contributed by atoms with Crippen LogP contribution in [0.25, 0.3) is 11.3 Å². The monoisotopic (exact) mass is 366 g/mol. The van der Waals surface area contributed by atoms with Crippen LogP contribution in [0.15, 0.2) is 42.5 Å². The van der Waals surface area contributed by atoms with Crippen LogP contribution < -0.4 is 15.2 Å². The second-order valence-corrected chi connectivity index (χ2v) is 5.74. The Morgan fingerprint density at radius 1 is 1.07 bits per heavy atom. The van der Waals surface area contributed by atoms with E-state index in [9.17, 15) is 9.59 Å². The Balaban J connectivity index is 1.92. The molecule has 1 amide bonds. The molecule has 3 N–H and O–H groups in total. The summed E-state index contributed by atoms with van der Waals surface area (Å²) in [6, 6.07) is 11.9. The Hall–Kier alpha value is -3.68. The van der Waals surface area contributed by atoms with Crippen LogP contribution in [0.4, 0.5) is 0 Å². The normalized spacial score (nSPS) is 10.4. The van der Waals surface area contributed by atoms with Crippen molar-refractivity contribution in [2.24, 2.45) is 5.73 Å². The molecule has 0 bridgehead atoms. The number of carbonyl (C=O) groups is 2. The zero-order valence-electron chi connectivity index (χ0n) is 14.9. The molecule has 0 aliphatic heterocycles. The van der Waals surface area contributed by atoms with E-state index < -0.39 is 11.9 Å². The van der Waals surface area contributed by atoms with Crippen LogP contribution in [0.3, 0.4) is 0 Å². The molecule has 0 aliphatic rings. The number of hydrogen-bond acceptors (Lipinski definition) is 6. The number of amides is 1.